The molecule has 0 saturated carbocycles. The van der Waals surface area contributed by atoms with Crippen molar-refractivity contribution in [3.8, 4) is 11.4 Å². The van der Waals surface area contributed by atoms with Crippen LogP contribution in [-0.4, -0.2) is 39.4 Å². The number of halogens is 1. The molecule has 0 aliphatic carbocycles. The summed E-state index contributed by atoms with van der Waals surface area (Å²) in [6.45, 7) is 0. The van der Waals surface area contributed by atoms with E-state index in [0.29, 0.717) is 27.5 Å². The van der Waals surface area contributed by atoms with E-state index in [9.17, 15) is 4.79 Å². The Labute approximate surface area is 123 Å². The maximum absolute atomic E-state index is 11.6. The van der Waals surface area contributed by atoms with Crippen molar-refractivity contribution in [1.82, 2.24) is 14.9 Å². The zero-order valence-corrected chi connectivity index (χ0v) is 12.0. The molecule has 0 amide bonds. The Bertz CT molecular complexity index is 696. The lowest BCUT2D eigenvalue weighted by molar-refractivity contribution is -0.132. The Balaban J connectivity index is 2.05. The molecule has 0 bridgehead atoms. The molecule has 1 aromatic heterocycles. The van der Waals surface area contributed by atoms with Crippen molar-refractivity contribution < 1.29 is 9.53 Å². The van der Waals surface area contributed by atoms with Gasteiger partial charge in [0.2, 0.25) is 5.16 Å². The standard InChI is InChI=1S/C12H9ClN4O2S/c1-19-11(18)9-6-20-12-15-14-10(17(12)16-9)7-2-4-8(13)5-3-7/h2-5H,6H2,1H3. The Morgan fingerprint density at radius 2 is 2.10 bits per heavy atom. The molecule has 0 spiro atoms. The van der Waals surface area contributed by atoms with Crippen molar-refractivity contribution in [2.45, 2.75) is 5.16 Å². The normalized spacial score (nSPS) is 13.6. The zero-order chi connectivity index (χ0) is 14.1. The van der Waals surface area contributed by atoms with Gasteiger partial charge in [-0.25, -0.2) is 4.79 Å². The molecule has 1 aromatic carbocycles. The molecule has 0 atom stereocenters. The van der Waals surface area contributed by atoms with Crippen LogP contribution in [0.2, 0.25) is 5.02 Å². The van der Waals surface area contributed by atoms with Crippen LogP contribution in [0.5, 0.6) is 0 Å². The number of benzene rings is 1. The summed E-state index contributed by atoms with van der Waals surface area (Å²) >= 11 is 7.26. The quantitative estimate of drug-likeness (QED) is 0.794. The molecule has 1 aliphatic rings. The average Bonchev–Trinajstić information content (AvgIpc) is 2.90. The smallest absolute Gasteiger partial charge is 0.355 e. The Morgan fingerprint density at radius 1 is 1.35 bits per heavy atom. The van der Waals surface area contributed by atoms with Crippen LogP contribution in [0.1, 0.15) is 0 Å². The van der Waals surface area contributed by atoms with Crippen LogP contribution in [-0.2, 0) is 9.53 Å². The molecule has 8 heteroatoms. The first-order valence-electron chi connectivity index (χ1n) is 5.69. The van der Waals surface area contributed by atoms with Crippen LogP contribution in [0.25, 0.3) is 11.4 Å². The number of nitrogens with zero attached hydrogens (tertiary/aromatic N) is 4. The molecule has 6 nitrogen and oxygen atoms in total. The largest absolute Gasteiger partial charge is 0.464 e. The van der Waals surface area contributed by atoms with Crippen LogP contribution in [0.4, 0.5) is 0 Å². The topological polar surface area (TPSA) is 69.4 Å². The number of hydrogen-bond acceptors (Lipinski definition) is 6. The van der Waals surface area contributed by atoms with E-state index in [1.807, 2.05) is 12.1 Å². The van der Waals surface area contributed by atoms with Crippen molar-refractivity contribution >= 4 is 35.0 Å². The number of carbonyl (C=O) groups is 1. The van der Waals surface area contributed by atoms with Crippen LogP contribution < -0.4 is 0 Å². The minimum absolute atomic E-state index is 0.333. The molecule has 102 valence electrons. The SMILES string of the molecule is COC(=O)C1=Nn2c(nnc2-c2ccc(Cl)cc2)SC1. The number of methoxy groups -OCH3 is 1. The van der Waals surface area contributed by atoms with Gasteiger partial charge in [0.1, 0.15) is 0 Å². The van der Waals surface area contributed by atoms with E-state index < -0.39 is 5.97 Å². The molecule has 0 radical (unpaired) electrons. The fourth-order valence-electron chi connectivity index (χ4n) is 1.72. The highest BCUT2D eigenvalue weighted by molar-refractivity contribution is 8.00. The highest BCUT2D eigenvalue weighted by atomic mass is 35.5. The van der Waals surface area contributed by atoms with Crippen LogP contribution in [0.15, 0.2) is 34.5 Å². The van der Waals surface area contributed by atoms with Crippen molar-refractivity contribution in [1.29, 1.82) is 0 Å². The molecule has 2 aromatic rings. The molecule has 0 saturated heterocycles. The molecule has 3 rings (SSSR count). The number of ether oxygens (including phenoxy) is 1. The lowest BCUT2D eigenvalue weighted by Gasteiger charge is -2.11. The molecule has 20 heavy (non-hydrogen) atoms. The molecular weight excluding hydrogens is 300 g/mol. The predicted molar refractivity (Wildman–Crippen MR) is 76.0 cm³/mol. The lowest BCUT2D eigenvalue weighted by Crippen LogP contribution is -2.23. The number of rotatable bonds is 2. The van der Waals surface area contributed by atoms with E-state index in [1.54, 1.807) is 16.8 Å². The lowest BCUT2D eigenvalue weighted by atomic mass is 10.2. The molecule has 0 N–H and O–H groups in total. The van der Waals surface area contributed by atoms with Gasteiger partial charge < -0.3 is 4.74 Å². The minimum Gasteiger partial charge on any atom is -0.464 e. The van der Waals surface area contributed by atoms with Gasteiger partial charge in [-0.3, -0.25) is 0 Å². The highest BCUT2D eigenvalue weighted by Crippen LogP contribution is 2.27. The summed E-state index contributed by atoms with van der Waals surface area (Å²) in [7, 11) is 1.33. The Morgan fingerprint density at radius 3 is 2.80 bits per heavy atom. The molecule has 1 aliphatic heterocycles. The summed E-state index contributed by atoms with van der Waals surface area (Å²) in [5, 5.41) is 13.7. The van der Waals surface area contributed by atoms with Crippen molar-refractivity contribution in [2.24, 2.45) is 5.10 Å². The molecular formula is C12H9ClN4O2S. The van der Waals surface area contributed by atoms with Crippen molar-refractivity contribution in [2.75, 3.05) is 12.9 Å². The van der Waals surface area contributed by atoms with E-state index in [1.165, 1.54) is 18.9 Å². The summed E-state index contributed by atoms with van der Waals surface area (Å²) in [6, 6.07) is 7.18. The summed E-state index contributed by atoms with van der Waals surface area (Å²) in [5.41, 5.74) is 1.16. The fraction of sp³-hybridized carbons (Fsp3) is 0.167. The summed E-state index contributed by atoms with van der Waals surface area (Å²) < 4.78 is 6.23. The molecule has 0 fully saturated rings. The fourth-order valence-corrected chi connectivity index (χ4v) is 2.64. The first kappa shape index (κ1) is 13.1. The van der Waals surface area contributed by atoms with Crippen LogP contribution in [0, 0.1) is 0 Å². The number of esters is 1. The monoisotopic (exact) mass is 308 g/mol. The third kappa shape index (κ3) is 2.30. The van der Waals surface area contributed by atoms with Gasteiger partial charge in [-0.15, -0.1) is 10.2 Å². The number of carbonyl (C=O) groups excluding carboxylic acids is 1. The third-order valence-electron chi connectivity index (χ3n) is 2.69. The maximum Gasteiger partial charge on any atom is 0.355 e. The summed E-state index contributed by atoms with van der Waals surface area (Å²) in [6.07, 6.45) is 0. The van der Waals surface area contributed by atoms with Gasteiger partial charge in [-0.05, 0) is 24.3 Å². The highest BCUT2D eigenvalue weighted by Gasteiger charge is 2.23. The van der Waals surface area contributed by atoms with Gasteiger partial charge in [-0.2, -0.15) is 9.78 Å². The van der Waals surface area contributed by atoms with Crippen molar-refractivity contribution in [3.05, 3.63) is 29.3 Å². The second kappa shape index (κ2) is 5.26. The van der Waals surface area contributed by atoms with Crippen LogP contribution in [0.3, 0.4) is 0 Å². The van der Waals surface area contributed by atoms with Gasteiger partial charge in [0, 0.05) is 10.6 Å². The predicted octanol–water partition coefficient (Wildman–Crippen LogP) is 2.08. The second-order valence-electron chi connectivity index (χ2n) is 3.95. The Hall–Kier alpha value is -1.86. The minimum atomic E-state index is -0.445. The van der Waals surface area contributed by atoms with Crippen molar-refractivity contribution in [3.63, 3.8) is 0 Å². The van der Waals surface area contributed by atoms with Gasteiger partial charge in [0.25, 0.3) is 0 Å². The third-order valence-corrected chi connectivity index (χ3v) is 3.88. The van der Waals surface area contributed by atoms with E-state index in [0.717, 1.165) is 5.56 Å². The Kier molecular flexibility index (Phi) is 3.45. The maximum atomic E-state index is 11.6. The average molecular weight is 309 g/mol. The van der Waals surface area contributed by atoms with E-state index in [-0.39, 0.29) is 0 Å². The zero-order valence-electron chi connectivity index (χ0n) is 10.4. The van der Waals surface area contributed by atoms with Gasteiger partial charge in [0.15, 0.2) is 11.5 Å². The number of hydrogen-bond donors (Lipinski definition) is 0. The number of aromatic nitrogens is 3. The molecule has 0 unspecified atom stereocenters. The van der Waals surface area contributed by atoms with Crippen LogP contribution >= 0.6 is 23.4 Å². The number of fused-ring (bicyclic) bond motifs is 1. The first-order valence-corrected chi connectivity index (χ1v) is 7.05. The van der Waals surface area contributed by atoms with Gasteiger partial charge in [0.05, 0.1) is 12.9 Å². The summed E-state index contributed by atoms with van der Waals surface area (Å²) in [5.74, 6) is 0.537. The molecule has 2 heterocycles. The van der Waals surface area contributed by atoms with Gasteiger partial charge in [-0.1, -0.05) is 23.4 Å². The first-order chi connectivity index (χ1) is 9.69. The second-order valence-corrected chi connectivity index (χ2v) is 5.33. The van der Waals surface area contributed by atoms with E-state index in [4.69, 9.17) is 11.6 Å². The van der Waals surface area contributed by atoms with E-state index in [2.05, 4.69) is 20.0 Å². The summed E-state index contributed by atoms with van der Waals surface area (Å²) in [4.78, 5) is 11.6. The number of thioether (sulfide) groups is 1. The van der Waals surface area contributed by atoms with E-state index >= 15 is 0 Å². The van der Waals surface area contributed by atoms with Gasteiger partial charge >= 0.3 is 5.97 Å².